The summed E-state index contributed by atoms with van der Waals surface area (Å²) in [7, 11) is -3.81. The lowest BCUT2D eigenvalue weighted by molar-refractivity contribution is 0.0497. The molecule has 1 atom stereocenters. The van der Waals surface area contributed by atoms with Crippen molar-refractivity contribution >= 4 is 10.0 Å². The fourth-order valence-electron chi connectivity index (χ4n) is 4.20. The van der Waals surface area contributed by atoms with Crippen molar-refractivity contribution < 1.29 is 17.9 Å². The third-order valence-electron chi connectivity index (χ3n) is 6.10. The second-order valence-corrected chi connectivity index (χ2v) is 10.0. The van der Waals surface area contributed by atoms with Gasteiger partial charge in [0.2, 0.25) is 0 Å². The topological polar surface area (TPSA) is 79.6 Å². The van der Waals surface area contributed by atoms with E-state index in [-0.39, 0.29) is 16.5 Å². The molecule has 2 aliphatic rings. The average Bonchev–Trinajstić information content (AvgIpc) is 2.79. The molecule has 0 radical (unpaired) electrons. The third kappa shape index (κ3) is 5.13. The Morgan fingerprint density at radius 3 is 2.68 bits per heavy atom. The van der Waals surface area contributed by atoms with Gasteiger partial charge >= 0.3 is 0 Å². The molecule has 1 saturated heterocycles. The Balaban J connectivity index is 1.91. The smallest absolute Gasteiger partial charge is 0.264 e. The first kappa shape index (κ1) is 23.4. The summed E-state index contributed by atoms with van der Waals surface area (Å²) in [6.07, 6.45) is 8.00. The van der Waals surface area contributed by atoms with Crippen LogP contribution >= 0.6 is 0 Å². The Morgan fingerprint density at radius 2 is 2.03 bits per heavy atom. The number of ether oxygens (including phenoxy) is 2. The van der Waals surface area contributed by atoms with Gasteiger partial charge in [-0.15, -0.1) is 0 Å². The van der Waals surface area contributed by atoms with Gasteiger partial charge in [-0.3, -0.25) is 4.31 Å². The van der Waals surface area contributed by atoms with E-state index in [9.17, 15) is 13.7 Å². The quantitative estimate of drug-likeness (QED) is 0.605. The largest absolute Gasteiger partial charge is 0.492 e. The Kier molecular flexibility index (Phi) is 7.79. The number of nitriles is 1. The molecule has 1 fully saturated rings. The first-order valence-corrected chi connectivity index (χ1v) is 12.5. The van der Waals surface area contributed by atoms with Crippen molar-refractivity contribution in [1.82, 2.24) is 4.31 Å². The van der Waals surface area contributed by atoms with Crippen molar-refractivity contribution in [3.63, 3.8) is 0 Å². The Labute approximate surface area is 186 Å². The lowest BCUT2D eigenvalue weighted by atomic mass is 9.97. The maximum atomic E-state index is 13.7. The maximum Gasteiger partial charge on any atom is 0.264 e. The highest BCUT2D eigenvalue weighted by molar-refractivity contribution is 7.89. The fraction of sp³-hybridized carbons (Fsp3) is 0.542. The SMILES string of the molecule is C/C=C\C1=C(C)CCC(CC)N1S(=O)(=O)c1ccc(OCC2CCOCC2)c(C#N)c1. The molecule has 0 aromatic heterocycles. The standard InChI is InChI=1S/C24H32N2O4S/c1-4-6-23-18(3)7-8-21(5-2)26(23)31(27,28)22-9-10-24(20(15-22)16-25)30-17-19-11-13-29-14-12-19/h4,6,9-10,15,19,21H,5,7-8,11-14,17H2,1-3H3/b6-4-. The number of allylic oxidation sites excluding steroid dienone is 3. The average molecular weight is 445 g/mol. The zero-order valence-corrected chi connectivity index (χ0v) is 19.5. The molecule has 2 aliphatic heterocycles. The molecule has 3 rings (SSSR count). The van der Waals surface area contributed by atoms with Crippen LogP contribution in [0.2, 0.25) is 0 Å². The van der Waals surface area contributed by atoms with Gasteiger partial charge in [0.25, 0.3) is 10.0 Å². The van der Waals surface area contributed by atoms with Crippen LogP contribution in [0.5, 0.6) is 5.75 Å². The summed E-state index contributed by atoms with van der Waals surface area (Å²) in [4.78, 5) is 0.123. The first-order valence-electron chi connectivity index (χ1n) is 11.0. The van der Waals surface area contributed by atoms with E-state index in [0.29, 0.717) is 18.3 Å². The van der Waals surface area contributed by atoms with Crippen molar-refractivity contribution in [3.05, 3.63) is 47.2 Å². The number of hydrogen-bond donors (Lipinski definition) is 0. The van der Waals surface area contributed by atoms with Crippen LogP contribution < -0.4 is 4.74 Å². The molecule has 0 saturated carbocycles. The van der Waals surface area contributed by atoms with Crippen LogP contribution in [0.15, 0.2) is 46.5 Å². The van der Waals surface area contributed by atoms with Crippen LogP contribution in [0.1, 0.15) is 58.4 Å². The fourth-order valence-corrected chi connectivity index (χ4v) is 6.06. The van der Waals surface area contributed by atoms with Gasteiger partial charge in [0.15, 0.2) is 0 Å². The highest BCUT2D eigenvalue weighted by atomic mass is 32.2. The van der Waals surface area contributed by atoms with Crippen molar-refractivity contribution in [2.75, 3.05) is 19.8 Å². The number of benzene rings is 1. The first-order chi connectivity index (χ1) is 14.9. The van der Waals surface area contributed by atoms with Crippen LogP contribution in [-0.4, -0.2) is 38.6 Å². The van der Waals surface area contributed by atoms with Gasteiger partial charge in [0, 0.05) is 19.3 Å². The van der Waals surface area contributed by atoms with Crippen LogP contribution in [0, 0.1) is 17.2 Å². The zero-order chi connectivity index (χ0) is 22.4. The van der Waals surface area contributed by atoms with Crippen molar-refractivity contribution in [1.29, 1.82) is 5.26 Å². The lowest BCUT2D eigenvalue weighted by Crippen LogP contribution is -2.41. The molecule has 7 heteroatoms. The molecule has 168 valence electrons. The summed E-state index contributed by atoms with van der Waals surface area (Å²) in [6, 6.07) is 6.62. The molecule has 6 nitrogen and oxygen atoms in total. The third-order valence-corrected chi connectivity index (χ3v) is 7.96. The highest BCUT2D eigenvalue weighted by Crippen LogP contribution is 2.35. The molecule has 31 heavy (non-hydrogen) atoms. The van der Waals surface area contributed by atoms with Crippen LogP contribution in [0.25, 0.3) is 0 Å². The summed E-state index contributed by atoms with van der Waals surface area (Å²) >= 11 is 0. The summed E-state index contributed by atoms with van der Waals surface area (Å²) < 4.78 is 40.1. The Bertz CT molecular complexity index is 985. The molecular weight excluding hydrogens is 412 g/mol. The van der Waals surface area contributed by atoms with E-state index in [2.05, 4.69) is 6.07 Å². The predicted molar refractivity (Wildman–Crippen MR) is 120 cm³/mol. The summed E-state index contributed by atoms with van der Waals surface area (Å²) in [5.41, 5.74) is 2.04. The van der Waals surface area contributed by atoms with E-state index >= 15 is 0 Å². The molecule has 0 spiro atoms. The normalized spacial score (nSPS) is 20.8. The van der Waals surface area contributed by atoms with Crippen molar-refractivity contribution in [3.8, 4) is 11.8 Å². The molecule has 0 bridgehead atoms. The van der Waals surface area contributed by atoms with E-state index in [1.165, 1.54) is 6.07 Å². The van der Waals surface area contributed by atoms with Gasteiger partial charge in [-0.25, -0.2) is 8.42 Å². The van der Waals surface area contributed by atoms with Crippen LogP contribution in [0.4, 0.5) is 0 Å². The number of sulfonamides is 1. The summed E-state index contributed by atoms with van der Waals surface area (Å²) in [6.45, 7) is 7.84. The summed E-state index contributed by atoms with van der Waals surface area (Å²) in [5.74, 6) is 0.817. The van der Waals surface area contributed by atoms with Crippen molar-refractivity contribution in [2.45, 2.75) is 63.8 Å². The number of hydrogen-bond acceptors (Lipinski definition) is 5. The Hall–Kier alpha value is -2.30. The van der Waals surface area contributed by atoms with E-state index in [0.717, 1.165) is 56.6 Å². The van der Waals surface area contributed by atoms with E-state index < -0.39 is 10.0 Å². The van der Waals surface area contributed by atoms with Crippen LogP contribution in [0.3, 0.4) is 0 Å². The van der Waals surface area contributed by atoms with Gasteiger partial charge in [-0.05, 0) is 81.7 Å². The molecule has 1 aromatic carbocycles. The van der Waals surface area contributed by atoms with Crippen LogP contribution in [-0.2, 0) is 14.8 Å². The number of rotatable bonds is 7. The molecule has 1 aromatic rings. The van der Waals surface area contributed by atoms with Gasteiger partial charge in [0.05, 0.1) is 22.8 Å². The Morgan fingerprint density at radius 1 is 1.29 bits per heavy atom. The number of nitrogens with zero attached hydrogens (tertiary/aromatic N) is 2. The van der Waals surface area contributed by atoms with Gasteiger partial charge < -0.3 is 9.47 Å². The predicted octanol–water partition coefficient (Wildman–Crippen LogP) is 4.78. The minimum atomic E-state index is -3.81. The minimum absolute atomic E-state index is 0.102. The molecule has 1 unspecified atom stereocenters. The molecule has 2 heterocycles. The maximum absolute atomic E-state index is 13.7. The summed E-state index contributed by atoms with van der Waals surface area (Å²) in [5, 5.41) is 9.65. The van der Waals surface area contributed by atoms with Gasteiger partial charge in [-0.2, -0.15) is 5.26 Å². The van der Waals surface area contributed by atoms with Crippen molar-refractivity contribution in [2.24, 2.45) is 5.92 Å². The van der Waals surface area contributed by atoms with E-state index in [1.54, 1.807) is 16.4 Å². The second kappa shape index (κ2) is 10.3. The lowest BCUT2D eigenvalue weighted by Gasteiger charge is -2.38. The molecule has 0 amide bonds. The molecular formula is C24H32N2O4S. The monoisotopic (exact) mass is 444 g/mol. The minimum Gasteiger partial charge on any atom is -0.492 e. The van der Waals surface area contributed by atoms with Gasteiger partial charge in [-0.1, -0.05) is 13.0 Å². The zero-order valence-electron chi connectivity index (χ0n) is 18.6. The van der Waals surface area contributed by atoms with E-state index in [4.69, 9.17) is 9.47 Å². The van der Waals surface area contributed by atoms with E-state index in [1.807, 2.05) is 32.9 Å². The second-order valence-electron chi connectivity index (χ2n) is 8.20. The van der Waals surface area contributed by atoms with Gasteiger partial charge in [0.1, 0.15) is 11.8 Å². The highest BCUT2D eigenvalue weighted by Gasteiger charge is 2.35. The molecule has 0 aliphatic carbocycles. The molecule has 0 N–H and O–H groups in total.